The molecule has 0 aliphatic heterocycles. The molecule has 0 radical (unpaired) electrons. The molecular weight excluding hydrogens is 272 g/mol. The van der Waals surface area contributed by atoms with Gasteiger partial charge in [0.1, 0.15) is 0 Å². The van der Waals surface area contributed by atoms with Crippen molar-refractivity contribution in [1.29, 1.82) is 0 Å². The van der Waals surface area contributed by atoms with Crippen molar-refractivity contribution in [3.8, 4) is 0 Å². The van der Waals surface area contributed by atoms with Crippen molar-refractivity contribution >= 4 is 21.5 Å². The third-order valence-corrected chi connectivity index (χ3v) is 4.07. The molecule has 8 heteroatoms. The number of rotatable bonds is 3. The molecule has 104 valence electrons. The third kappa shape index (κ3) is 3.75. The summed E-state index contributed by atoms with van der Waals surface area (Å²) >= 11 is 0. The van der Waals surface area contributed by atoms with Crippen LogP contribution in [0, 0.1) is 17.0 Å². The van der Waals surface area contributed by atoms with Crippen molar-refractivity contribution in [3.05, 3.63) is 33.9 Å². The summed E-state index contributed by atoms with van der Waals surface area (Å²) in [5.41, 5.74) is 0.335. The van der Waals surface area contributed by atoms with Gasteiger partial charge >= 0.3 is 6.09 Å². The number of carbonyl (C=O) groups excluding carboxylic acids is 1. The topological polar surface area (TPSA) is 98.9 Å². The maximum absolute atomic E-state index is 12.3. The van der Waals surface area contributed by atoms with Gasteiger partial charge in [0.25, 0.3) is 5.69 Å². The van der Waals surface area contributed by atoms with Crippen molar-refractivity contribution in [2.45, 2.75) is 18.7 Å². The Morgan fingerprint density at radius 3 is 2.63 bits per heavy atom. The fourth-order valence-corrected chi connectivity index (χ4v) is 2.93. The molecule has 7 nitrogen and oxygen atoms in total. The number of non-ortho nitro benzene ring substituents is 1. The standard InChI is InChI=1S/C11H14N2O5S/c1-4-18-11(14)12-19(3,17)10-6-5-9(13(15)16)7-8(10)2/h5-7H,4H2,1-3H3. The number of hydrogen-bond acceptors (Lipinski definition) is 5. The second-order valence-electron chi connectivity index (χ2n) is 3.80. The number of ether oxygens (including phenoxy) is 1. The van der Waals surface area contributed by atoms with E-state index in [1.54, 1.807) is 13.8 Å². The summed E-state index contributed by atoms with van der Waals surface area (Å²) in [5, 5.41) is 10.6. The molecule has 0 saturated heterocycles. The summed E-state index contributed by atoms with van der Waals surface area (Å²) < 4.78 is 20.4. The maximum atomic E-state index is 12.3. The Balaban J connectivity index is 3.26. The van der Waals surface area contributed by atoms with Crippen LogP contribution in [-0.2, 0) is 14.5 Å². The second kappa shape index (κ2) is 5.79. The first-order valence-corrected chi connectivity index (χ1v) is 7.34. The highest BCUT2D eigenvalue weighted by Gasteiger charge is 2.15. The van der Waals surface area contributed by atoms with E-state index in [-0.39, 0.29) is 17.2 Å². The summed E-state index contributed by atoms with van der Waals surface area (Å²) in [6.07, 6.45) is 0.380. The zero-order valence-electron chi connectivity index (χ0n) is 10.8. The van der Waals surface area contributed by atoms with Crippen molar-refractivity contribution in [1.82, 2.24) is 0 Å². The highest BCUT2D eigenvalue weighted by Crippen LogP contribution is 2.22. The largest absolute Gasteiger partial charge is 0.448 e. The molecular formula is C11H14N2O5S. The smallest absolute Gasteiger partial charge is 0.442 e. The van der Waals surface area contributed by atoms with Gasteiger partial charge in [-0.15, -0.1) is 4.36 Å². The van der Waals surface area contributed by atoms with Gasteiger partial charge in [-0.2, -0.15) is 0 Å². The van der Waals surface area contributed by atoms with E-state index >= 15 is 0 Å². The lowest BCUT2D eigenvalue weighted by Crippen LogP contribution is -2.06. The minimum Gasteiger partial charge on any atom is -0.448 e. The van der Waals surface area contributed by atoms with Gasteiger partial charge in [0.05, 0.1) is 26.2 Å². The van der Waals surface area contributed by atoms with Gasteiger partial charge in [0.2, 0.25) is 0 Å². The van der Waals surface area contributed by atoms with Crippen LogP contribution in [0.25, 0.3) is 0 Å². The lowest BCUT2D eigenvalue weighted by atomic mass is 10.2. The van der Waals surface area contributed by atoms with Gasteiger partial charge < -0.3 is 4.74 Å². The van der Waals surface area contributed by atoms with Crippen LogP contribution in [0.4, 0.5) is 10.5 Å². The second-order valence-corrected chi connectivity index (χ2v) is 6.03. The minimum atomic E-state index is -2.98. The number of benzene rings is 1. The molecule has 0 bridgehead atoms. The third-order valence-electron chi connectivity index (χ3n) is 2.29. The molecule has 1 aromatic carbocycles. The van der Waals surface area contributed by atoms with Gasteiger partial charge in [-0.05, 0) is 25.5 Å². The van der Waals surface area contributed by atoms with Crippen LogP contribution in [0.2, 0.25) is 0 Å². The minimum absolute atomic E-state index is 0.104. The first-order chi connectivity index (χ1) is 8.77. The van der Waals surface area contributed by atoms with E-state index in [4.69, 9.17) is 0 Å². The van der Waals surface area contributed by atoms with Gasteiger partial charge in [-0.25, -0.2) is 9.00 Å². The Morgan fingerprint density at radius 2 is 2.16 bits per heavy atom. The number of carbonyl (C=O) groups is 1. The Hall–Kier alpha value is -1.96. The molecule has 1 aromatic rings. The van der Waals surface area contributed by atoms with Gasteiger partial charge in [0.15, 0.2) is 0 Å². The Morgan fingerprint density at radius 1 is 1.53 bits per heavy atom. The molecule has 19 heavy (non-hydrogen) atoms. The Labute approximate surface area is 110 Å². The molecule has 1 amide bonds. The molecule has 0 N–H and O–H groups in total. The van der Waals surface area contributed by atoms with Gasteiger partial charge in [0, 0.05) is 18.4 Å². The Bertz CT molecular complexity index is 632. The van der Waals surface area contributed by atoms with E-state index in [2.05, 4.69) is 9.10 Å². The zero-order valence-corrected chi connectivity index (χ0v) is 11.6. The quantitative estimate of drug-likeness (QED) is 0.628. The van der Waals surface area contributed by atoms with Crippen LogP contribution < -0.4 is 0 Å². The summed E-state index contributed by atoms with van der Waals surface area (Å²) in [4.78, 5) is 21.6. The first kappa shape index (κ1) is 15.1. The fraction of sp³-hybridized carbons (Fsp3) is 0.364. The molecule has 1 atom stereocenters. The monoisotopic (exact) mass is 286 g/mol. The Kier molecular flexibility index (Phi) is 4.60. The molecule has 0 saturated carbocycles. The molecule has 0 heterocycles. The van der Waals surface area contributed by atoms with Crippen molar-refractivity contribution in [3.63, 3.8) is 0 Å². The van der Waals surface area contributed by atoms with E-state index in [1.165, 1.54) is 24.5 Å². The molecule has 1 unspecified atom stereocenters. The van der Waals surface area contributed by atoms with E-state index in [0.29, 0.717) is 5.56 Å². The number of hydrogen-bond donors (Lipinski definition) is 0. The number of nitro groups is 1. The molecule has 1 rings (SSSR count). The maximum Gasteiger partial charge on any atom is 0.442 e. The highest BCUT2D eigenvalue weighted by atomic mass is 32.2. The number of nitrogens with zero attached hydrogens (tertiary/aromatic N) is 2. The molecule has 0 aliphatic carbocycles. The van der Waals surface area contributed by atoms with E-state index in [9.17, 15) is 19.1 Å². The molecule has 0 spiro atoms. The van der Waals surface area contributed by atoms with Crippen LogP contribution in [0.5, 0.6) is 0 Å². The molecule has 0 aromatic heterocycles. The van der Waals surface area contributed by atoms with Crippen LogP contribution in [0.3, 0.4) is 0 Å². The van der Waals surface area contributed by atoms with Crippen molar-refractivity contribution in [2.75, 3.05) is 12.9 Å². The molecule has 0 fully saturated rings. The summed E-state index contributed by atoms with van der Waals surface area (Å²) in [6, 6.07) is 3.86. The van der Waals surface area contributed by atoms with Crippen LogP contribution in [0.15, 0.2) is 27.5 Å². The van der Waals surface area contributed by atoms with E-state index in [0.717, 1.165) is 0 Å². The SMILES string of the molecule is CCOC(=O)N=S(C)(=O)c1ccc([N+](=O)[O-])cc1C. The lowest BCUT2D eigenvalue weighted by Gasteiger charge is -2.07. The summed E-state index contributed by atoms with van der Waals surface area (Å²) in [5.74, 6) is 0. The van der Waals surface area contributed by atoms with Crippen LogP contribution in [0.1, 0.15) is 12.5 Å². The zero-order chi connectivity index (χ0) is 14.6. The van der Waals surface area contributed by atoms with Crippen molar-refractivity contribution < 1.29 is 18.7 Å². The summed E-state index contributed by atoms with van der Waals surface area (Å²) in [6.45, 7) is 3.32. The number of nitro benzene ring substituents is 1. The first-order valence-electron chi connectivity index (χ1n) is 5.42. The average molecular weight is 286 g/mol. The van der Waals surface area contributed by atoms with Gasteiger partial charge in [-0.3, -0.25) is 10.1 Å². The fourth-order valence-electron chi connectivity index (χ4n) is 1.51. The lowest BCUT2D eigenvalue weighted by molar-refractivity contribution is -0.385. The van der Waals surface area contributed by atoms with Crippen molar-refractivity contribution in [2.24, 2.45) is 4.36 Å². The predicted octanol–water partition coefficient (Wildman–Crippen LogP) is 2.52. The van der Waals surface area contributed by atoms with Gasteiger partial charge in [-0.1, -0.05) is 0 Å². The summed E-state index contributed by atoms with van der Waals surface area (Å²) in [7, 11) is -2.98. The number of aryl methyl sites for hydroxylation is 1. The van der Waals surface area contributed by atoms with Crippen LogP contribution >= 0.6 is 0 Å². The highest BCUT2D eigenvalue weighted by molar-refractivity contribution is 7.93. The molecule has 0 aliphatic rings. The number of amides is 1. The van der Waals surface area contributed by atoms with Crippen LogP contribution in [-0.4, -0.2) is 28.1 Å². The average Bonchev–Trinajstić information content (AvgIpc) is 2.27. The van der Waals surface area contributed by atoms with E-state index in [1.807, 2.05) is 0 Å². The van der Waals surface area contributed by atoms with E-state index < -0.39 is 20.7 Å². The normalized spacial score (nSPS) is 13.4. The predicted molar refractivity (Wildman–Crippen MR) is 69.6 cm³/mol.